The standard InChI is InChI=1S/C60H48IN5O8S2/c61-36-44-39-76(71)57-51(56(69)66(57)52(44)58(70)74-54(42-26-12-3-13-27-42)43-28-14-4-15-29-43)63-55(68)50(65-72-37-49(67)73-53(40-22-8-1-9-23-40)41-24-10-2-11-25-41)48-38-75-59(62-48)64-60(45-30-16-5-17-31-45,46-32-18-6-19-33-46)47-34-20-7-21-35-47/h1-35,38,51,53-54,57H,36-37,39H2,(H,62,64)(H,63,68)/b65-50+/t51?,57-,76?/m1/s1. The number of ether oxygens (including phenoxy) is 2. The molecule has 2 N–H and O–H groups in total. The van der Waals surface area contributed by atoms with Crippen molar-refractivity contribution in [2.75, 3.05) is 22.1 Å². The van der Waals surface area contributed by atoms with Crippen LogP contribution < -0.4 is 10.6 Å². The van der Waals surface area contributed by atoms with Gasteiger partial charge in [0.25, 0.3) is 11.8 Å². The summed E-state index contributed by atoms with van der Waals surface area (Å²) in [6.45, 7) is -0.702. The minimum Gasteiger partial charge on any atom is -0.450 e. The number of thiazole rings is 1. The second-order valence-electron chi connectivity index (χ2n) is 17.7. The Bertz CT molecular complexity index is 3240. The molecule has 0 aliphatic carbocycles. The Morgan fingerprint density at radius 3 is 1.55 bits per heavy atom. The van der Waals surface area contributed by atoms with Gasteiger partial charge in [0.15, 0.2) is 23.1 Å². The molecular weight excluding hydrogens is 1110 g/mol. The van der Waals surface area contributed by atoms with Crippen LogP contribution in [0.5, 0.6) is 0 Å². The van der Waals surface area contributed by atoms with Crippen molar-refractivity contribution in [2.45, 2.75) is 29.2 Å². The van der Waals surface area contributed by atoms with Gasteiger partial charge in [-0.15, -0.1) is 11.3 Å². The summed E-state index contributed by atoms with van der Waals surface area (Å²) in [7, 11) is -1.75. The molecule has 10 rings (SSSR count). The normalized spacial score (nSPS) is 16.4. The number of benzene rings is 7. The van der Waals surface area contributed by atoms with E-state index in [1.807, 2.05) is 212 Å². The number of anilines is 1. The van der Waals surface area contributed by atoms with Crippen LogP contribution in [0.4, 0.5) is 5.13 Å². The number of hydrogen-bond acceptors (Lipinski definition) is 12. The monoisotopic (exact) mass is 1160 g/mol. The first-order chi connectivity index (χ1) is 37.2. The number of alkyl halides is 1. The van der Waals surface area contributed by atoms with Gasteiger partial charge < -0.3 is 24.9 Å². The lowest BCUT2D eigenvalue weighted by Crippen LogP contribution is -2.74. The van der Waals surface area contributed by atoms with Crippen molar-refractivity contribution >= 4 is 79.3 Å². The number of aromatic nitrogens is 1. The SMILES string of the molecule is O=C(CO/N=C(/C(=O)NC1C(=O)N2C(C(=O)OC(c3ccccc3)c3ccccc3)=C(CI)CS(=O)[C@H]12)c1csc(NC(c2ccccc2)(c2ccccc2)c2ccccc2)n1)OC(c1ccccc1)c1ccccc1. The molecule has 380 valence electrons. The quantitative estimate of drug-likeness (QED) is 0.0151. The van der Waals surface area contributed by atoms with E-state index in [9.17, 15) is 23.4 Å². The first-order valence-corrected chi connectivity index (χ1v) is 28.0. The highest BCUT2D eigenvalue weighted by molar-refractivity contribution is 14.1. The van der Waals surface area contributed by atoms with Crippen LogP contribution in [0.3, 0.4) is 0 Å². The molecule has 1 saturated heterocycles. The van der Waals surface area contributed by atoms with Crippen molar-refractivity contribution in [2.24, 2.45) is 5.16 Å². The average Bonchev–Trinajstić information content (AvgIpc) is 3.96. The molecule has 3 heterocycles. The van der Waals surface area contributed by atoms with Gasteiger partial charge >= 0.3 is 11.9 Å². The number of β-lactam (4-membered cyclic amide) rings is 1. The maximum absolute atomic E-state index is 14.8. The molecule has 2 aliphatic heterocycles. The Balaban J connectivity index is 0.955. The zero-order chi connectivity index (χ0) is 52.4. The predicted octanol–water partition coefficient (Wildman–Crippen LogP) is 10.0. The summed E-state index contributed by atoms with van der Waals surface area (Å²) in [5, 5.41) is 11.6. The number of carbonyl (C=O) groups excluding carboxylic acids is 4. The number of hydrogen-bond donors (Lipinski definition) is 2. The van der Waals surface area contributed by atoms with Crippen LogP contribution in [0.2, 0.25) is 0 Å². The van der Waals surface area contributed by atoms with Crippen LogP contribution in [0, 0.1) is 0 Å². The number of nitrogens with one attached hydrogen (secondary N) is 2. The number of nitrogens with zero attached hydrogens (tertiary/aromatic N) is 3. The number of oxime groups is 1. The van der Waals surface area contributed by atoms with Crippen molar-refractivity contribution in [1.82, 2.24) is 15.2 Å². The van der Waals surface area contributed by atoms with E-state index in [-0.39, 0.29) is 27.3 Å². The van der Waals surface area contributed by atoms with Gasteiger partial charge in [0.1, 0.15) is 28.3 Å². The van der Waals surface area contributed by atoms with Gasteiger partial charge in [0, 0.05) is 9.81 Å². The van der Waals surface area contributed by atoms with Crippen molar-refractivity contribution in [3.8, 4) is 0 Å². The Morgan fingerprint density at radius 1 is 0.671 bits per heavy atom. The third-order valence-corrected chi connectivity index (χ3v) is 16.3. The van der Waals surface area contributed by atoms with Crippen LogP contribution in [0.15, 0.2) is 234 Å². The third kappa shape index (κ3) is 10.9. The molecule has 2 amide bonds. The number of rotatable bonds is 19. The zero-order valence-corrected chi connectivity index (χ0v) is 44.3. The molecule has 13 nitrogen and oxygen atoms in total. The summed E-state index contributed by atoms with van der Waals surface area (Å²) >= 11 is 3.28. The van der Waals surface area contributed by atoms with Crippen molar-refractivity contribution in [3.63, 3.8) is 0 Å². The largest absolute Gasteiger partial charge is 0.450 e. The Morgan fingerprint density at radius 2 is 1.11 bits per heavy atom. The lowest BCUT2D eigenvalue weighted by atomic mass is 9.77. The fraction of sp³-hybridized carbons (Fsp3) is 0.133. The molecule has 0 radical (unpaired) electrons. The summed E-state index contributed by atoms with van der Waals surface area (Å²) in [5.41, 5.74) is 4.78. The van der Waals surface area contributed by atoms with E-state index in [1.54, 1.807) is 5.38 Å². The molecular formula is C60H48IN5O8S2. The fourth-order valence-corrected chi connectivity index (χ4v) is 12.8. The summed E-state index contributed by atoms with van der Waals surface area (Å²) in [5.74, 6) is -3.17. The fourth-order valence-electron chi connectivity index (χ4n) is 9.39. The summed E-state index contributed by atoms with van der Waals surface area (Å²) in [6.07, 6.45) is -1.59. The van der Waals surface area contributed by atoms with E-state index in [0.717, 1.165) is 38.9 Å². The minimum atomic E-state index is -1.75. The van der Waals surface area contributed by atoms with Gasteiger partial charge in [-0.05, 0) is 44.5 Å². The van der Waals surface area contributed by atoms with Crippen LogP contribution >= 0.6 is 33.9 Å². The van der Waals surface area contributed by atoms with E-state index >= 15 is 0 Å². The Hall–Kier alpha value is -8.06. The predicted molar refractivity (Wildman–Crippen MR) is 301 cm³/mol. The van der Waals surface area contributed by atoms with Crippen molar-refractivity contribution in [3.05, 3.63) is 274 Å². The van der Waals surface area contributed by atoms with Gasteiger partial charge in [-0.1, -0.05) is 240 Å². The lowest BCUT2D eigenvalue weighted by Gasteiger charge is -2.49. The highest BCUT2D eigenvalue weighted by atomic mass is 127. The van der Waals surface area contributed by atoms with Gasteiger partial charge in [0.2, 0.25) is 6.61 Å². The van der Waals surface area contributed by atoms with Gasteiger partial charge in [-0.25, -0.2) is 14.6 Å². The highest BCUT2D eigenvalue weighted by Gasteiger charge is 2.58. The molecule has 7 aromatic carbocycles. The molecule has 1 fully saturated rings. The van der Waals surface area contributed by atoms with Crippen LogP contribution in [-0.4, -0.2) is 71.8 Å². The highest BCUT2D eigenvalue weighted by Crippen LogP contribution is 2.42. The molecule has 2 aliphatic rings. The molecule has 0 bridgehead atoms. The number of esters is 2. The van der Waals surface area contributed by atoms with E-state index in [1.165, 1.54) is 16.2 Å². The van der Waals surface area contributed by atoms with Crippen LogP contribution in [0.1, 0.15) is 56.8 Å². The maximum atomic E-state index is 14.8. The molecule has 8 aromatic rings. The van der Waals surface area contributed by atoms with E-state index in [0.29, 0.717) is 10.7 Å². The second-order valence-corrected chi connectivity index (χ2v) is 20.8. The van der Waals surface area contributed by atoms with Crippen molar-refractivity contribution in [1.29, 1.82) is 0 Å². The van der Waals surface area contributed by atoms with Gasteiger partial charge in [0.05, 0.1) is 16.6 Å². The van der Waals surface area contributed by atoms with Gasteiger partial charge in [-0.3, -0.25) is 18.7 Å². The molecule has 0 saturated carbocycles. The molecule has 2 unspecified atom stereocenters. The Labute approximate surface area is 459 Å². The summed E-state index contributed by atoms with van der Waals surface area (Å²) in [4.78, 5) is 69.0. The smallest absolute Gasteiger partial charge is 0.356 e. The number of fused-ring (bicyclic) bond motifs is 1. The Kier molecular flexibility index (Phi) is 16.0. The first kappa shape index (κ1) is 51.4. The van der Waals surface area contributed by atoms with E-state index in [2.05, 4.69) is 38.4 Å². The molecule has 16 heteroatoms. The number of carbonyl (C=O) groups is 4. The van der Waals surface area contributed by atoms with Crippen LogP contribution in [-0.2, 0) is 49.8 Å². The topological polar surface area (TPSA) is 166 Å². The number of amides is 2. The summed E-state index contributed by atoms with van der Waals surface area (Å²) < 4.78 is 26.6. The second kappa shape index (κ2) is 23.6. The summed E-state index contributed by atoms with van der Waals surface area (Å²) in [6, 6.07) is 65.4. The van der Waals surface area contributed by atoms with Crippen LogP contribution in [0.25, 0.3) is 0 Å². The third-order valence-electron chi connectivity index (χ3n) is 12.9. The first-order valence-electron chi connectivity index (χ1n) is 24.2. The van der Waals surface area contributed by atoms with Crippen molar-refractivity contribution < 1.29 is 37.7 Å². The maximum Gasteiger partial charge on any atom is 0.356 e. The van der Waals surface area contributed by atoms with E-state index < -0.39 is 70.3 Å². The van der Waals surface area contributed by atoms with Gasteiger partial charge in [-0.2, -0.15) is 0 Å². The molecule has 3 atom stereocenters. The molecule has 76 heavy (non-hydrogen) atoms. The molecule has 1 aromatic heterocycles. The number of halogens is 1. The lowest BCUT2D eigenvalue weighted by molar-refractivity contribution is -0.154. The van der Waals surface area contributed by atoms with E-state index in [4.69, 9.17) is 19.3 Å². The average molecular weight is 1160 g/mol. The minimum absolute atomic E-state index is 0.0136. The molecule has 0 spiro atoms. The zero-order valence-electron chi connectivity index (χ0n) is 40.5.